The van der Waals surface area contributed by atoms with Crippen LogP contribution in [0.5, 0.6) is 0 Å². The smallest absolute Gasteiger partial charge is 0.147 e. The SMILES string of the molecule is CC1(NCc2nnc3n2CCCC3)CCNC1. The molecule has 0 saturated carbocycles. The second-order valence-electron chi connectivity index (χ2n) is 5.48. The summed E-state index contributed by atoms with van der Waals surface area (Å²) in [4.78, 5) is 0. The molecule has 94 valence electrons. The summed E-state index contributed by atoms with van der Waals surface area (Å²) in [5, 5.41) is 15.6. The standard InChI is InChI=1S/C12H21N5/c1-12(5-6-13-9-12)14-8-11-16-15-10-4-2-3-7-17(10)11/h13-14H,2-9H2,1H3. The number of aromatic nitrogens is 3. The van der Waals surface area contributed by atoms with Crippen molar-refractivity contribution in [3.8, 4) is 0 Å². The Balaban J connectivity index is 1.67. The molecule has 1 aromatic heterocycles. The normalized spacial score (nSPS) is 28.3. The van der Waals surface area contributed by atoms with Gasteiger partial charge >= 0.3 is 0 Å². The van der Waals surface area contributed by atoms with Crippen molar-refractivity contribution >= 4 is 0 Å². The molecule has 1 atom stereocenters. The Bertz CT molecular complexity index is 392. The van der Waals surface area contributed by atoms with Gasteiger partial charge in [0.25, 0.3) is 0 Å². The van der Waals surface area contributed by atoms with E-state index in [-0.39, 0.29) is 5.54 Å². The van der Waals surface area contributed by atoms with Gasteiger partial charge < -0.3 is 15.2 Å². The fraction of sp³-hybridized carbons (Fsp3) is 0.833. The first kappa shape index (κ1) is 11.2. The Labute approximate surface area is 102 Å². The number of nitrogens with zero attached hydrogens (tertiary/aromatic N) is 3. The number of hydrogen-bond donors (Lipinski definition) is 2. The minimum Gasteiger partial charge on any atom is -0.315 e. The second-order valence-corrected chi connectivity index (χ2v) is 5.48. The summed E-state index contributed by atoms with van der Waals surface area (Å²) >= 11 is 0. The van der Waals surface area contributed by atoms with Crippen LogP contribution in [0.2, 0.25) is 0 Å². The third-order valence-electron chi connectivity index (χ3n) is 3.98. The van der Waals surface area contributed by atoms with Crippen LogP contribution in [0.15, 0.2) is 0 Å². The molecule has 2 N–H and O–H groups in total. The molecule has 1 unspecified atom stereocenters. The highest BCUT2D eigenvalue weighted by Gasteiger charge is 2.28. The maximum atomic E-state index is 4.32. The Morgan fingerprint density at radius 3 is 3.18 bits per heavy atom. The number of aryl methyl sites for hydroxylation is 1. The number of fused-ring (bicyclic) bond motifs is 1. The quantitative estimate of drug-likeness (QED) is 0.799. The average Bonchev–Trinajstić information content (AvgIpc) is 2.94. The van der Waals surface area contributed by atoms with Crippen molar-refractivity contribution in [3.05, 3.63) is 11.6 Å². The third kappa shape index (κ3) is 2.21. The average molecular weight is 235 g/mol. The summed E-state index contributed by atoms with van der Waals surface area (Å²) in [6.45, 7) is 6.37. The van der Waals surface area contributed by atoms with Gasteiger partial charge in [0, 0.05) is 25.0 Å². The molecule has 1 fully saturated rings. The highest BCUT2D eigenvalue weighted by Crippen LogP contribution is 2.17. The van der Waals surface area contributed by atoms with Gasteiger partial charge in [0.15, 0.2) is 0 Å². The molecule has 2 aliphatic rings. The predicted octanol–water partition coefficient (Wildman–Crippen LogP) is 0.456. The molecule has 1 saturated heterocycles. The molecular weight excluding hydrogens is 214 g/mol. The lowest BCUT2D eigenvalue weighted by Gasteiger charge is -2.24. The molecule has 1 aromatic rings. The Kier molecular flexibility index (Phi) is 2.88. The van der Waals surface area contributed by atoms with Crippen molar-refractivity contribution in [2.75, 3.05) is 13.1 Å². The monoisotopic (exact) mass is 235 g/mol. The zero-order valence-corrected chi connectivity index (χ0v) is 10.5. The van der Waals surface area contributed by atoms with Crippen LogP contribution in [0.25, 0.3) is 0 Å². The van der Waals surface area contributed by atoms with Gasteiger partial charge in [-0.3, -0.25) is 0 Å². The van der Waals surface area contributed by atoms with Crippen LogP contribution in [0, 0.1) is 0 Å². The largest absolute Gasteiger partial charge is 0.315 e. The van der Waals surface area contributed by atoms with E-state index in [1.807, 2.05) is 0 Å². The molecule has 5 heteroatoms. The summed E-state index contributed by atoms with van der Waals surface area (Å²) in [6.07, 6.45) is 4.80. The van der Waals surface area contributed by atoms with Gasteiger partial charge in [-0.05, 0) is 32.7 Å². The zero-order chi connectivity index (χ0) is 11.7. The van der Waals surface area contributed by atoms with E-state index >= 15 is 0 Å². The van der Waals surface area contributed by atoms with Gasteiger partial charge in [-0.2, -0.15) is 0 Å². The van der Waals surface area contributed by atoms with Crippen molar-refractivity contribution in [1.82, 2.24) is 25.4 Å². The van der Waals surface area contributed by atoms with Crippen LogP contribution in [0.3, 0.4) is 0 Å². The van der Waals surface area contributed by atoms with Gasteiger partial charge in [0.2, 0.25) is 0 Å². The lowest BCUT2D eigenvalue weighted by Crippen LogP contribution is -2.44. The van der Waals surface area contributed by atoms with E-state index in [1.54, 1.807) is 0 Å². The van der Waals surface area contributed by atoms with Crippen LogP contribution in [-0.2, 0) is 19.5 Å². The molecule has 17 heavy (non-hydrogen) atoms. The number of hydrogen-bond acceptors (Lipinski definition) is 4. The van der Waals surface area contributed by atoms with E-state index in [0.717, 1.165) is 38.4 Å². The molecule has 0 aromatic carbocycles. The van der Waals surface area contributed by atoms with E-state index in [2.05, 4.69) is 32.3 Å². The molecule has 5 nitrogen and oxygen atoms in total. The maximum absolute atomic E-state index is 4.32. The van der Waals surface area contributed by atoms with Gasteiger partial charge in [-0.1, -0.05) is 0 Å². The van der Waals surface area contributed by atoms with Crippen molar-refractivity contribution in [3.63, 3.8) is 0 Å². The molecule has 0 radical (unpaired) electrons. The first-order valence-electron chi connectivity index (χ1n) is 6.64. The molecule has 0 bridgehead atoms. The molecule has 3 rings (SSSR count). The van der Waals surface area contributed by atoms with Crippen molar-refractivity contribution in [2.45, 2.75) is 51.2 Å². The zero-order valence-electron chi connectivity index (χ0n) is 10.5. The molecule has 3 heterocycles. The predicted molar refractivity (Wildman–Crippen MR) is 65.7 cm³/mol. The second kappa shape index (κ2) is 4.38. The fourth-order valence-corrected chi connectivity index (χ4v) is 2.76. The topological polar surface area (TPSA) is 54.8 Å². The molecular formula is C12H21N5. The fourth-order valence-electron chi connectivity index (χ4n) is 2.76. The summed E-state index contributed by atoms with van der Waals surface area (Å²) in [7, 11) is 0. The lowest BCUT2D eigenvalue weighted by atomic mass is 10.0. The minimum absolute atomic E-state index is 0.223. The van der Waals surface area contributed by atoms with Crippen LogP contribution in [0.4, 0.5) is 0 Å². The van der Waals surface area contributed by atoms with Gasteiger partial charge in [0.1, 0.15) is 11.6 Å². The van der Waals surface area contributed by atoms with E-state index in [9.17, 15) is 0 Å². The van der Waals surface area contributed by atoms with Crippen LogP contribution >= 0.6 is 0 Å². The number of nitrogens with one attached hydrogen (secondary N) is 2. The van der Waals surface area contributed by atoms with Crippen LogP contribution < -0.4 is 10.6 Å². The highest BCUT2D eigenvalue weighted by molar-refractivity contribution is 5.00. The summed E-state index contributed by atoms with van der Waals surface area (Å²) in [5.74, 6) is 2.27. The Morgan fingerprint density at radius 2 is 2.35 bits per heavy atom. The minimum atomic E-state index is 0.223. The molecule has 2 aliphatic heterocycles. The van der Waals surface area contributed by atoms with Crippen molar-refractivity contribution < 1.29 is 0 Å². The summed E-state index contributed by atoms with van der Waals surface area (Å²) < 4.78 is 2.29. The third-order valence-corrected chi connectivity index (χ3v) is 3.98. The van der Waals surface area contributed by atoms with E-state index in [0.29, 0.717) is 0 Å². The Morgan fingerprint density at radius 1 is 1.41 bits per heavy atom. The molecule has 0 spiro atoms. The molecule has 0 aliphatic carbocycles. The first-order chi connectivity index (χ1) is 8.27. The van der Waals surface area contributed by atoms with E-state index in [4.69, 9.17) is 0 Å². The lowest BCUT2D eigenvalue weighted by molar-refractivity contribution is 0.373. The van der Waals surface area contributed by atoms with Gasteiger partial charge in [0.05, 0.1) is 6.54 Å². The van der Waals surface area contributed by atoms with Crippen molar-refractivity contribution in [2.24, 2.45) is 0 Å². The highest BCUT2D eigenvalue weighted by atomic mass is 15.3. The molecule has 0 amide bonds. The van der Waals surface area contributed by atoms with E-state index < -0.39 is 0 Å². The van der Waals surface area contributed by atoms with Gasteiger partial charge in [-0.25, -0.2) is 0 Å². The summed E-state index contributed by atoms with van der Waals surface area (Å²) in [6, 6.07) is 0. The first-order valence-corrected chi connectivity index (χ1v) is 6.64. The van der Waals surface area contributed by atoms with Crippen LogP contribution in [-0.4, -0.2) is 33.4 Å². The summed E-state index contributed by atoms with van der Waals surface area (Å²) in [5.41, 5.74) is 0.223. The Hall–Kier alpha value is -0.940. The van der Waals surface area contributed by atoms with Crippen LogP contribution in [0.1, 0.15) is 37.8 Å². The van der Waals surface area contributed by atoms with E-state index in [1.165, 1.54) is 25.1 Å². The van der Waals surface area contributed by atoms with Gasteiger partial charge in [-0.15, -0.1) is 10.2 Å². The number of rotatable bonds is 3. The van der Waals surface area contributed by atoms with Crippen molar-refractivity contribution in [1.29, 1.82) is 0 Å². The maximum Gasteiger partial charge on any atom is 0.147 e.